The highest BCUT2D eigenvalue weighted by molar-refractivity contribution is 8.00. The molecule has 39 heavy (non-hydrogen) atoms. The standard InChI is InChI=1S/C32H53NO5S/c1-8-30(6)18-26(38-27(36)19-39-25-12-11-22(17-24(25)35)33(9-2)10-3)31(7)20(4)13-15-32(21(5)29(30)37)16-14-23(34)28(31)32/h8,20-22,24-26,28-29,35,37H,1,9-19H2,2-7H3/t20-,21+,22-,24-,25-,26-,28+,29+,30-,31+,32+/m1/s1. The molecule has 0 saturated heterocycles. The summed E-state index contributed by atoms with van der Waals surface area (Å²) in [5.41, 5.74) is -1.39. The second kappa shape index (κ2) is 11.8. The normalized spacial score (nSPS) is 46.3. The maximum atomic E-state index is 13.6. The molecule has 4 rings (SSSR count). The molecule has 222 valence electrons. The quantitative estimate of drug-likeness (QED) is 0.308. The van der Waals surface area contributed by atoms with Crippen molar-refractivity contribution in [1.82, 2.24) is 4.90 Å². The van der Waals surface area contributed by atoms with Crippen LogP contribution in [0.4, 0.5) is 0 Å². The molecule has 0 aliphatic heterocycles. The molecule has 6 nitrogen and oxygen atoms in total. The molecule has 0 radical (unpaired) electrons. The predicted octanol–water partition coefficient (Wildman–Crippen LogP) is 5.25. The van der Waals surface area contributed by atoms with Gasteiger partial charge in [-0.05, 0) is 75.3 Å². The van der Waals surface area contributed by atoms with Gasteiger partial charge in [-0.1, -0.05) is 47.6 Å². The number of hydrogen-bond donors (Lipinski definition) is 2. The summed E-state index contributed by atoms with van der Waals surface area (Å²) in [4.78, 5) is 29.4. The lowest BCUT2D eigenvalue weighted by Gasteiger charge is -2.61. The van der Waals surface area contributed by atoms with E-state index in [2.05, 4.69) is 46.1 Å². The largest absolute Gasteiger partial charge is 0.461 e. The lowest BCUT2D eigenvalue weighted by atomic mass is 9.44. The summed E-state index contributed by atoms with van der Waals surface area (Å²) in [5.74, 6) is 0.143. The van der Waals surface area contributed by atoms with Gasteiger partial charge in [-0.25, -0.2) is 0 Å². The number of aliphatic hydroxyl groups excluding tert-OH is 2. The number of ether oxygens (including phenoxy) is 1. The first-order valence-corrected chi connectivity index (χ1v) is 16.5. The van der Waals surface area contributed by atoms with E-state index in [4.69, 9.17) is 4.74 Å². The average molecular weight is 564 g/mol. The van der Waals surface area contributed by atoms with Crippen LogP contribution in [-0.2, 0) is 14.3 Å². The fourth-order valence-corrected chi connectivity index (χ4v) is 10.3. The van der Waals surface area contributed by atoms with E-state index in [-0.39, 0.29) is 45.9 Å². The van der Waals surface area contributed by atoms with E-state index >= 15 is 0 Å². The second-order valence-corrected chi connectivity index (χ2v) is 14.9. The van der Waals surface area contributed by atoms with Gasteiger partial charge in [0, 0.05) is 34.5 Å². The summed E-state index contributed by atoms with van der Waals surface area (Å²) in [5, 5.41) is 22.6. The Balaban J connectivity index is 1.53. The number of hydrogen-bond acceptors (Lipinski definition) is 7. The molecular formula is C32H53NO5S. The zero-order chi connectivity index (χ0) is 28.8. The van der Waals surface area contributed by atoms with Crippen LogP contribution < -0.4 is 0 Å². The Hall–Kier alpha value is -0.890. The first kappa shape index (κ1) is 31.1. The molecule has 11 atom stereocenters. The minimum Gasteiger partial charge on any atom is -0.461 e. The van der Waals surface area contributed by atoms with Gasteiger partial charge in [0.05, 0.1) is 18.0 Å². The van der Waals surface area contributed by atoms with Crippen molar-refractivity contribution in [2.45, 2.75) is 123 Å². The zero-order valence-corrected chi connectivity index (χ0v) is 26.0. The van der Waals surface area contributed by atoms with Crippen molar-refractivity contribution in [3.05, 3.63) is 12.7 Å². The second-order valence-electron chi connectivity index (χ2n) is 13.7. The van der Waals surface area contributed by atoms with Crippen LogP contribution in [-0.4, -0.2) is 75.3 Å². The lowest BCUT2D eigenvalue weighted by Crippen LogP contribution is -2.63. The number of ketones is 1. The summed E-state index contributed by atoms with van der Waals surface area (Å²) in [6.07, 6.45) is 6.61. The number of rotatable bonds is 8. The molecule has 0 aromatic carbocycles. The third-order valence-corrected chi connectivity index (χ3v) is 13.4. The van der Waals surface area contributed by atoms with Crippen molar-refractivity contribution >= 4 is 23.5 Å². The van der Waals surface area contributed by atoms with Crippen LogP contribution in [0.5, 0.6) is 0 Å². The Morgan fingerprint density at radius 2 is 1.85 bits per heavy atom. The highest BCUT2D eigenvalue weighted by atomic mass is 32.2. The van der Waals surface area contributed by atoms with Crippen molar-refractivity contribution in [2.75, 3.05) is 18.8 Å². The summed E-state index contributed by atoms with van der Waals surface area (Å²) in [6.45, 7) is 18.9. The molecule has 4 aliphatic rings. The molecule has 0 heterocycles. The van der Waals surface area contributed by atoms with Gasteiger partial charge in [-0.3, -0.25) is 9.59 Å². The molecule has 2 N–H and O–H groups in total. The van der Waals surface area contributed by atoms with Gasteiger partial charge < -0.3 is 19.8 Å². The number of Topliss-reactive ketones (excluding diaryl/α,β-unsaturated/α-hetero) is 1. The zero-order valence-electron chi connectivity index (χ0n) is 25.2. The van der Waals surface area contributed by atoms with E-state index in [1.54, 1.807) is 0 Å². The van der Waals surface area contributed by atoms with Crippen LogP contribution in [0.2, 0.25) is 0 Å². The number of carbonyl (C=O) groups is 2. The van der Waals surface area contributed by atoms with E-state index in [9.17, 15) is 19.8 Å². The number of thioether (sulfide) groups is 1. The van der Waals surface area contributed by atoms with Crippen molar-refractivity contribution in [3.63, 3.8) is 0 Å². The minimum absolute atomic E-state index is 0.0241. The molecule has 4 fully saturated rings. The number of aliphatic hydroxyl groups is 2. The Labute approximate surface area is 240 Å². The fourth-order valence-electron chi connectivity index (χ4n) is 9.23. The van der Waals surface area contributed by atoms with E-state index in [0.717, 1.165) is 51.6 Å². The number of esters is 1. The molecule has 0 aromatic heterocycles. The SMILES string of the molecule is C=C[C@]1(C)C[C@@H](OC(=O)CS[C@@H]2CC[C@@H](N(CC)CC)C[C@H]2O)[C@]2(C)[C@H](C)CC[C@]3(CCC(=O)[C@H]32)[C@@H](C)[C@@H]1O. The van der Waals surface area contributed by atoms with Crippen LogP contribution in [0.1, 0.15) is 92.9 Å². The van der Waals surface area contributed by atoms with Crippen LogP contribution in [0, 0.1) is 34.0 Å². The smallest absolute Gasteiger partial charge is 0.316 e. The Morgan fingerprint density at radius 1 is 1.15 bits per heavy atom. The minimum atomic E-state index is -0.659. The van der Waals surface area contributed by atoms with Gasteiger partial charge in [0.15, 0.2) is 0 Å². The summed E-state index contributed by atoms with van der Waals surface area (Å²) in [6, 6.07) is 0.399. The lowest BCUT2D eigenvalue weighted by molar-refractivity contribution is -0.205. The predicted molar refractivity (Wildman–Crippen MR) is 157 cm³/mol. The van der Waals surface area contributed by atoms with Crippen molar-refractivity contribution < 1.29 is 24.5 Å². The average Bonchev–Trinajstić information content (AvgIpc) is 3.27. The van der Waals surface area contributed by atoms with Gasteiger partial charge in [0.1, 0.15) is 11.9 Å². The third-order valence-electron chi connectivity index (χ3n) is 12.0. The highest BCUT2D eigenvalue weighted by Crippen LogP contribution is 2.68. The van der Waals surface area contributed by atoms with Crippen molar-refractivity contribution in [3.8, 4) is 0 Å². The summed E-state index contributed by atoms with van der Waals surface area (Å²) in [7, 11) is 0. The molecule has 0 amide bonds. The molecule has 4 aliphatic carbocycles. The van der Waals surface area contributed by atoms with E-state index < -0.39 is 29.1 Å². The maximum absolute atomic E-state index is 13.6. The molecule has 0 spiro atoms. The van der Waals surface area contributed by atoms with E-state index in [1.165, 1.54) is 11.8 Å². The van der Waals surface area contributed by atoms with E-state index in [1.807, 2.05) is 13.0 Å². The number of nitrogens with zero attached hydrogens (tertiary/aromatic N) is 1. The first-order chi connectivity index (χ1) is 18.4. The third kappa shape index (κ3) is 5.28. The van der Waals surface area contributed by atoms with Gasteiger partial charge in [0.25, 0.3) is 0 Å². The van der Waals surface area contributed by atoms with E-state index in [0.29, 0.717) is 18.9 Å². The monoisotopic (exact) mass is 563 g/mol. The van der Waals surface area contributed by atoms with Crippen LogP contribution in [0.15, 0.2) is 12.7 Å². The van der Waals surface area contributed by atoms with Crippen LogP contribution in [0.3, 0.4) is 0 Å². The Kier molecular flexibility index (Phi) is 9.37. The summed E-state index contributed by atoms with van der Waals surface area (Å²) < 4.78 is 6.38. The number of carbonyl (C=O) groups excluding carboxylic acids is 2. The van der Waals surface area contributed by atoms with Gasteiger partial charge >= 0.3 is 5.97 Å². The maximum Gasteiger partial charge on any atom is 0.316 e. The van der Waals surface area contributed by atoms with Crippen molar-refractivity contribution in [2.24, 2.45) is 34.0 Å². The van der Waals surface area contributed by atoms with Gasteiger partial charge in [-0.2, -0.15) is 0 Å². The fraction of sp³-hybridized carbons (Fsp3) is 0.875. The molecule has 7 heteroatoms. The summed E-state index contributed by atoms with van der Waals surface area (Å²) >= 11 is 1.51. The van der Waals surface area contributed by atoms with Crippen molar-refractivity contribution in [1.29, 1.82) is 0 Å². The molecule has 4 saturated carbocycles. The van der Waals surface area contributed by atoms with Crippen LogP contribution >= 0.6 is 11.8 Å². The molecular weight excluding hydrogens is 510 g/mol. The Bertz CT molecular complexity index is 924. The van der Waals surface area contributed by atoms with Crippen LogP contribution in [0.25, 0.3) is 0 Å². The van der Waals surface area contributed by atoms with Gasteiger partial charge in [-0.15, -0.1) is 18.3 Å². The topological polar surface area (TPSA) is 87.1 Å². The first-order valence-electron chi connectivity index (χ1n) is 15.4. The highest BCUT2D eigenvalue weighted by Gasteiger charge is 2.68. The molecule has 0 unspecified atom stereocenters. The molecule has 0 aromatic rings. The molecule has 2 bridgehead atoms. The van der Waals surface area contributed by atoms with Gasteiger partial charge in [0.2, 0.25) is 0 Å². The Morgan fingerprint density at radius 3 is 2.46 bits per heavy atom.